The quantitative estimate of drug-likeness (QED) is 0.732. The van der Waals surface area contributed by atoms with Crippen LogP contribution in [0.3, 0.4) is 0 Å². The number of fused-ring (bicyclic) bond motifs is 1. The molecule has 0 bridgehead atoms. The summed E-state index contributed by atoms with van der Waals surface area (Å²) in [6, 6.07) is 10.9. The van der Waals surface area contributed by atoms with E-state index in [1.165, 1.54) is 24.3 Å². The van der Waals surface area contributed by atoms with Crippen molar-refractivity contribution in [1.82, 2.24) is 14.9 Å². The summed E-state index contributed by atoms with van der Waals surface area (Å²) in [4.78, 5) is 39.0. The molecule has 0 saturated heterocycles. The van der Waals surface area contributed by atoms with Gasteiger partial charge in [-0.15, -0.1) is 0 Å². The van der Waals surface area contributed by atoms with E-state index in [1.807, 2.05) is 0 Å². The van der Waals surface area contributed by atoms with Crippen molar-refractivity contribution in [3.05, 3.63) is 80.2 Å². The number of amides is 1. The molecule has 0 aliphatic heterocycles. The van der Waals surface area contributed by atoms with Crippen molar-refractivity contribution in [2.75, 3.05) is 6.54 Å². The maximum atomic E-state index is 13.6. The molecule has 2 N–H and O–H groups in total. The van der Waals surface area contributed by atoms with Crippen molar-refractivity contribution < 1.29 is 9.18 Å². The van der Waals surface area contributed by atoms with Gasteiger partial charge in [-0.05, 0) is 43.2 Å². The Balaban J connectivity index is 1.77. The van der Waals surface area contributed by atoms with Crippen molar-refractivity contribution in [1.29, 1.82) is 0 Å². The first-order valence-corrected chi connectivity index (χ1v) is 8.29. The molecule has 26 heavy (non-hydrogen) atoms. The molecule has 0 aliphatic rings. The molecule has 6 nitrogen and oxygen atoms in total. The predicted octanol–water partition coefficient (Wildman–Crippen LogP) is 1.82. The van der Waals surface area contributed by atoms with Crippen LogP contribution in [0.25, 0.3) is 10.9 Å². The largest absolute Gasteiger partial charge is 0.352 e. The molecule has 3 aromatic rings. The lowest BCUT2D eigenvalue weighted by molar-refractivity contribution is 0.0954. The Morgan fingerprint density at radius 3 is 2.69 bits per heavy atom. The summed E-state index contributed by atoms with van der Waals surface area (Å²) >= 11 is 0. The summed E-state index contributed by atoms with van der Waals surface area (Å²) in [5.74, 6) is -0.666. The van der Waals surface area contributed by atoms with Crippen LogP contribution < -0.4 is 16.6 Å². The Morgan fingerprint density at radius 2 is 1.96 bits per heavy atom. The summed E-state index contributed by atoms with van der Waals surface area (Å²) in [5.41, 5.74) is 0.248. The van der Waals surface area contributed by atoms with Gasteiger partial charge in [0.1, 0.15) is 5.82 Å². The van der Waals surface area contributed by atoms with Crippen LogP contribution >= 0.6 is 0 Å². The number of nitrogens with zero attached hydrogens (tertiary/aromatic N) is 1. The zero-order valence-corrected chi connectivity index (χ0v) is 14.2. The van der Waals surface area contributed by atoms with E-state index in [-0.39, 0.29) is 24.8 Å². The lowest BCUT2D eigenvalue weighted by Crippen LogP contribution is -2.34. The molecular formula is C19H18FN3O3. The van der Waals surface area contributed by atoms with E-state index >= 15 is 0 Å². The van der Waals surface area contributed by atoms with Crippen LogP contribution in [0.1, 0.15) is 22.8 Å². The van der Waals surface area contributed by atoms with Crippen LogP contribution in [0.5, 0.6) is 0 Å². The van der Waals surface area contributed by atoms with E-state index in [2.05, 4.69) is 10.3 Å². The number of nitrogens with one attached hydrogen (secondary N) is 2. The van der Waals surface area contributed by atoms with Crippen LogP contribution in [-0.2, 0) is 13.0 Å². The molecule has 7 heteroatoms. The van der Waals surface area contributed by atoms with Gasteiger partial charge in [0.05, 0.1) is 10.9 Å². The summed E-state index contributed by atoms with van der Waals surface area (Å²) in [5, 5.41) is 3.05. The Kier molecular flexibility index (Phi) is 4.97. The molecule has 1 aromatic heterocycles. The summed E-state index contributed by atoms with van der Waals surface area (Å²) in [6.07, 6.45) is 0.365. The number of hydrogen-bond donors (Lipinski definition) is 2. The highest BCUT2D eigenvalue weighted by Gasteiger charge is 2.11. The molecule has 1 amide bonds. The minimum absolute atomic E-state index is 0.266. The summed E-state index contributed by atoms with van der Waals surface area (Å²) < 4.78 is 14.7. The smallest absolute Gasteiger partial charge is 0.328 e. The fourth-order valence-corrected chi connectivity index (χ4v) is 2.80. The van der Waals surface area contributed by atoms with Gasteiger partial charge in [0.25, 0.3) is 11.5 Å². The monoisotopic (exact) mass is 355 g/mol. The first-order valence-electron chi connectivity index (χ1n) is 8.29. The first-order chi connectivity index (χ1) is 12.5. The number of benzene rings is 2. The SMILES string of the molecule is CCn1c(=O)[nH]c2cc(C(=O)NCCc3ccccc3F)ccc2c1=O. The second-order valence-electron chi connectivity index (χ2n) is 5.84. The van der Waals surface area contributed by atoms with Gasteiger partial charge in [0.2, 0.25) is 0 Å². The van der Waals surface area contributed by atoms with Gasteiger partial charge in [0.15, 0.2) is 0 Å². The standard InChI is InChI=1S/C19H18FN3O3/c1-2-23-18(25)14-8-7-13(11-16(14)22-19(23)26)17(24)21-10-9-12-5-3-4-6-15(12)20/h3-8,11H,2,9-10H2,1H3,(H,21,24)(H,22,26). The van der Waals surface area contributed by atoms with Crippen molar-refractivity contribution in [2.24, 2.45) is 0 Å². The van der Waals surface area contributed by atoms with E-state index in [4.69, 9.17) is 0 Å². The minimum Gasteiger partial charge on any atom is -0.352 e. The molecular weight excluding hydrogens is 337 g/mol. The highest BCUT2D eigenvalue weighted by molar-refractivity contribution is 5.97. The van der Waals surface area contributed by atoms with Crippen molar-refractivity contribution in [2.45, 2.75) is 19.9 Å². The number of halogens is 1. The number of aromatic nitrogens is 2. The molecule has 0 unspecified atom stereocenters. The van der Waals surface area contributed by atoms with Crippen molar-refractivity contribution in [3.63, 3.8) is 0 Å². The molecule has 134 valence electrons. The lowest BCUT2D eigenvalue weighted by atomic mass is 10.1. The third kappa shape index (κ3) is 3.42. The second-order valence-corrected chi connectivity index (χ2v) is 5.84. The van der Waals surface area contributed by atoms with Crippen LogP contribution in [-0.4, -0.2) is 22.0 Å². The molecule has 0 fully saturated rings. The van der Waals surface area contributed by atoms with E-state index in [0.29, 0.717) is 28.5 Å². The average molecular weight is 355 g/mol. The Labute approximate surface area is 148 Å². The average Bonchev–Trinajstić information content (AvgIpc) is 2.63. The number of aromatic amines is 1. The molecule has 2 aromatic carbocycles. The Hall–Kier alpha value is -3.22. The number of carbonyl (C=O) groups excluding carboxylic acids is 1. The molecule has 0 aliphatic carbocycles. The zero-order chi connectivity index (χ0) is 18.7. The van der Waals surface area contributed by atoms with Crippen LogP contribution in [0.4, 0.5) is 4.39 Å². The predicted molar refractivity (Wildman–Crippen MR) is 96.9 cm³/mol. The maximum absolute atomic E-state index is 13.6. The number of rotatable bonds is 5. The Morgan fingerprint density at radius 1 is 1.19 bits per heavy atom. The highest BCUT2D eigenvalue weighted by Crippen LogP contribution is 2.10. The molecule has 0 atom stereocenters. The first kappa shape index (κ1) is 17.6. The van der Waals surface area contributed by atoms with E-state index in [0.717, 1.165) is 4.57 Å². The van der Waals surface area contributed by atoms with Gasteiger partial charge in [-0.2, -0.15) is 0 Å². The summed E-state index contributed by atoms with van der Waals surface area (Å²) in [6.45, 7) is 2.24. The van der Waals surface area contributed by atoms with Crippen LogP contribution in [0.15, 0.2) is 52.1 Å². The molecule has 0 spiro atoms. The minimum atomic E-state index is -0.512. The van der Waals surface area contributed by atoms with E-state index in [1.54, 1.807) is 25.1 Å². The maximum Gasteiger partial charge on any atom is 0.328 e. The van der Waals surface area contributed by atoms with Gasteiger partial charge in [-0.3, -0.25) is 14.2 Å². The molecule has 3 rings (SSSR count). The Bertz CT molecular complexity index is 1090. The number of carbonyl (C=O) groups is 1. The van der Waals surface area contributed by atoms with Gasteiger partial charge in [-0.1, -0.05) is 18.2 Å². The topological polar surface area (TPSA) is 84.0 Å². The summed E-state index contributed by atoms with van der Waals surface area (Å²) in [7, 11) is 0. The normalized spacial score (nSPS) is 10.8. The second kappa shape index (κ2) is 7.35. The molecule has 0 saturated carbocycles. The van der Waals surface area contributed by atoms with Crippen LogP contribution in [0.2, 0.25) is 0 Å². The van der Waals surface area contributed by atoms with Gasteiger partial charge in [0, 0.05) is 18.7 Å². The molecule has 0 radical (unpaired) electrons. The molecule has 1 heterocycles. The highest BCUT2D eigenvalue weighted by atomic mass is 19.1. The zero-order valence-electron chi connectivity index (χ0n) is 14.2. The van der Waals surface area contributed by atoms with Gasteiger partial charge < -0.3 is 10.3 Å². The third-order valence-corrected chi connectivity index (χ3v) is 4.20. The third-order valence-electron chi connectivity index (χ3n) is 4.20. The van der Waals surface area contributed by atoms with E-state index < -0.39 is 11.2 Å². The lowest BCUT2D eigenvalue weighted by Gasteiger charge is -2.08. The van der Waals surface area contributed by atoms with E-state index in [9.17, 15) is 18.8 Å². The van der Waals surface area contributed by atoms with Crippen LogP contribution in [0, 0.1) is 5.82 Å². The van der Waals surface area contributed by atoms with Crippen molar-refractivity contribution in [3.8, 4) is 0 Å². The number of H-pyrrole nitrogens is 1. The fourth-order valence-electron chi connectivity index (χ4n) is 2.80. The fraction of sp³-hybridized carbons (Fsp3) is 0.211. The van der Waals surface area contributed by atoms with Gasteiger partial charge >= 0.3 is 5.69 Å². The van der Waals surface area contributed by atoms with Gasteiger partial charge in [-0.25, -0.2) is 9.18 Å². The van der Waals surface area contributed by atoms with Crippen molar-refractivity contribution >= 4 is 16.8 Å². The number of hydrogen-bond acceptors (Lipinski definition) is 3.